The number of hydrogen-bond acceptors (Lipinski definition) is 6. The smallest absolute Gasteiger partial charge is 0.249 e. The molecule has 3 N–H and O–H groups in total. The summed E-state index contributed by atoms with van der Waals surface area (Å²) in [4.78, 5) is 18.7. The first kappa shape index (κ1) is 21.9. The molecule has 0 spiro atoms. The Morgan fingerprint density at radius 3 is 2.64 bits per heavy atom. The molecule has 0 aromatic carbocycles. The number of anilines is 1. The lowest BCUT2D eigenvalue weighted by Crippen LogP contribution is -2.37. The van der Waals surface area contributed by atoms with Crippen molar-refractivity contribution in [3.8, 4) is 0 Å². The molecule has 3 heterocycles. The van der Waals surface area contributed by atoms with E-state index < -0.39 is 0 Å². The molecule has 0 aliphatic carbocycles. The fourth-order valence-corrected chi connectivity index (χ4v) is 2.88. The largest absolute Gasteiger partial charge is 0.378 e. The highest BCUT2D eigenvalue weighted by molar-refractivity contribution is 5.85. The van der Waals surface area contributed by atoms with E-state index in [1.165, 1.54) is 0 Å². The second-order valence-corrected chi connectivity index (χ2v) is 5.90. The van der Waals surface area contributed by atoms with Crippen LogP contribution in [0, 0.1) is 0 Å². The summed E-state index contributed by atoms with van der Waals surface area (Å²) in [5, 5.41) is 2.91. The number of amides is 1. The van der Waals surface area contributed by atoms with E-state index in [9.17, 15) is 4.79 Å². The number of rotatable bonds is 5. The fourth-order valence-electron chi connectivity index (χ4n) is 2.88. The SMILES string of the molecule is Cl.Cl.NC[C@H]1CC[C@@H](C(=O)NCc2ccc(N3CCOCC3)nc2)O1. The van der Waals surface area contributed by atoms with Gasteiger partial charge in [0.2, 0.25) is 5.91 Å². The summed E-state index contributed by atoms with van der Waals surface area (Å²) in [5.41, 5.74) is 6.54. The van der Waals surface area contributed by atoms with Gasteiger partial charge in [0.25, 0.3) is 0 Å². The van der Waals surface area contributed by atoms with E-state index in [0.29, 0.717) is 13.1 Å². The lowest BCUT2D eigenvalue weighted by atomic mass is 10.2. The summed E-state index contributed by atoms with van der Waals surface area (Å²) in [5.74, 6) is 0.881. The monoisotopic (exact) mass is 392 g/mol. The van der Waals surface area contributed by atoms with Gasteiger partial charge in [-0.05, 0) is 24.5 Å². The Kier molecular flexibility index (Phi) is 9.45. The molecule has 0 radical (unpaired) electrons. The van der Waals surface area contributed by atoms with Crippen LogP contribution >= 0.6 is 24.8 Å². The van der Waals surface area contributed by atoms with Crippen molar-refractivity contribution >= 4 is 36.5 Å². The molecule has 2 aliphatic heterocycles. The van der Waals surface area contributed by atoms with Crippen LogP contribution in [0.3, 0.4) is 0 Å². The number of pyridine rings is 1. The average Bonchev–Trinajstić information content (AvgIpc) is 3.10. The Balaban J connectivity index is 0.00000156. The van der Waals surface area contributed by atoms with E-state index in [0.717, 1.165) is 50.5 Å². The fraction of sp³-hybridized carbons (Fsp3) is 0.625. The standard InChI is InChI=1S/C16H24N4O3.2ClH/c17-9-13-2-3-14(23-13)16(21)19-11-12-1-4-15(18-10-12)20-5-7-22-8-6-20;;/h1,4,10,13-14H,2-3,5-9,11,17H2,(H,19,21);2*1H/t13-,14+;;/m1../s1. The maximum Gasteiger partial charge on any atom is 0.249 e. The molecule has 25 heavy (non-hydrogen) atoms. The minimum Gasteiger partial charge on any atom is -0.378 e. The molecule has 1 aromatic rings. The summed E-state index contributed by atoms with van der Waals surface area (Å²) in [7, 11) is 0. The Morgan fingerprint density at radius 2 is 2.04 bits per heavy atom. The number of ether oxygens (including phenoxy) is 2. The van der Waals surface area contributed by atoms with Gasteiger partial charge in [-0.3, -0.25) is 4.79 Å². The summed E-state index contributed by atoms with van der Waals surface area (Å²) < 4.78 is 10.9. The summed E-state index contributed by atoms with van der Waals surface area (Å²) >= 11 is 0. The van der Waals surface area contributed by atoms with Gasteiger partial charge in [-0.25, -0.2) is 4.98 Å². The molecule has 7 nitrogen and oxygen atoms in total. The lowest BCUT2D eigenvalue weighted by molar-refractivity contribution is -0.132. The van der Waals surface area contributed by atoms with Gasteiger partial charge < -0.3 is 25.4 Å². The summed E-state index contributed by atoms with van der Waals surface area (Å²) in [6, 6.07) is 3.99. The maximum atomic E-state index is 12.1. The van der Waals surface area contributed by atoms with E-state index in [4.69, 9.17) is 15.2 Å². The first-order chi connectivity index (χ1) is 11.3. The highest BCUT2D eigenvalue weighted by Crippen LogP contribution is 2.19. The van der Waals surface area contributed by atoms with Gasteiger partial charge in [0.1, 0.15) is 11.9 Å². The number of nitrogens with one attached hydrogen (secondary N) is 1. The van der Waals surface area contributed by atoms with Crippen molar-refractivity contribution in [2.45, 2.75) is 31.6 Å². The van der Waals surface area contributed by atoms with E-state index in [-0.39, 0.29) is 42.9 Å². The minimum atomic E-state index is -0.371. The quantitative estimate of drug-likeness (QED) is 0.772. The zero-order valence-electron chi connectivity index (χ0n) is 14.1. The molecule has 9 heteroatoms. The van der Waals surface area contributed by atoms with Crippen LogP contribution in [0.1, 0.15) is 18.4 Å². The summed E-state index contributed by atoms with van der Waals surface area (Å²) in [6.07, 6.45) is 3.04. The van der Waals surface area contributed by atoms with Crippen LogP contribution in [-0.2, 0) is 20.8 Å². The Bertz CT molecular complexity index is 527. The number of aromatic nitrogens is 1. The number of carbonyl (C=O) groups is 1. The van der Waals surface area contributed by atoms with E-state index in [2.05, 4.69) is 15.2 Å². The van der Waals surface area contributed by atoms with Gasteiger partial charge in [0.05, 0.1) is 19.3 Å². The second-order valence-electron chi connectivity index (χ2n) is 5.90. The minimum absolute atomic E-state index is 0. The first-order valence-electron chi connectivity index (χ1n) is 8.17. The number of hydrogen-bond donors (Lipinski definition) is 2. The van der Waals surface area contributed by atoms with Crippen molar-refractivity contribution in [3.63, 3.8) is 0 Å². The molecular weight excluding hydrogens is 367 g/mol. The van der Waals surface area contributed by atoms with Crippen molar-refractivity contribution in [2.75, 3.05) is 37.7 Å². The molecular formula is C16H26Cl2N4O3. The second kappa shape index (κ2) is 10.8. The molecule has 1 aromatic heterocycles. The third-order valence-corrected chi connectivity index (χ3v) is 4.27. The van der Waals surface area contributed by atoms with Crippen LogP contribution in [0.5, 0.6) is 0 Å². The molecule has 2 aliphatic rings. The van der Waals surface area contributed by atoms with Crippen LogP contribution in [0.25, 0.3) is 0 Å². The van der Waals surface area contributed by atoms with Crippen molar-refractivity contribution in [3.05, 3.63) is 23.9 Å². The molecule has 0 bridgehead atoms. The van der Waals surface area contributed by atoms with Crippen LogP contribution < -0.4 is 16.0 Å². The number of nitrogens with two attached hydrogens (primary N) is 1. The number of halogens is 2. The predicted octanol–water partition coefficient (Wildman–Crippen LogP) is 0.884. The number of carbonyl (C=O) groups excluding carboxylic acids is 1. The highest BCUT2D eigenvalue weighted by atomic mass is 35.5. The van der Waals surface area contributed by atoms with Gasteiger partial charge >= 0.3 is 0 Å². The van der Waals surface area contributed by atoms with Crippen LogP contribution in [0.4, 0.5) is 5.82 Å². The molecule has 2 saturated heterocycles. The Hall–Kier alpha value is -1.12. The van der Waals surface area contributed by atoms with Crippen LogP contribution in [0.15, 0.2) is 18.3 Å². The molecule has 142 valence electrons. The Morgan fingerprint density at radius 1 is 1.28 bits per heavy atom. The highest BCUT2D eigenvalue weighted by Gasteiger charge is 2.29. The normalized spacial score (nSPS) is 22.7. The number of morpholine rings is 1. The molecule has 3 rings (SSSR count). The molecule has 2 atom stereocenters. The van der Waals surface area contributed by atoms with Crippen LogP contribution in [-0.4, -0.2) is 55.9 Å². The maximum absolute atomic E-state index is 12.1. The molecule has 0 unspecified atom stereocenters. The molecule has 1 amide bonds. The Labute approximate surface area is 160 Å². The predicted molar refractivity (Wildman–Crippen MR) is 101 cm³/mol. The van der Waals surface area contributed by atoms with Gasteiger partial charge in [0, 0.05) is 32.4 Å². The van der Waals surface area contributed by atoms with Gasteiger partial charge in [0.15, 0.2) is 0 Å². The summed E-state index contributed by atoms with van der Waals surface area (Å²) in [6.45, 7) is 4.14. The van der Waals surface area contributed by atoms with E-state index in [1.54, 1.807) is 0 Å². The third kappa shape index (κ3) is 5.97. The zero-order chi connectivity index (χ0) is 16.1. The van der Waals surface area contributed by atoms with Crippen molar-refractivity contribution in [2.24, 2.45) is 5.73 Å². The van der Waals surface area contributed by atoms with Crippen LogP contribution in [0.2, 0.25) is 0 Å². The molecule has 2 fully saturated rings. The number of nitrogens with zero attached hydrogens (tertiary/aromatic N) is 2. The average molecular weight is 393 g/mol. The van der Waals surface area contributed by atoms with Crippen molar-refractivity contribution in [1.29, 1.82) is 0 Å². The van der Waals surface area contributed by atoms with E-state index in [1.807, 2.05) is 18.3 Å². The van der Waals surface area contributed by atoms with Gasteiger partial charge in [-0.15, -0.1) is 24.8 Å². The topological polar surface area (TPSA) is 89.7 Å². The van der Waals surface area contributed by atoms with Crippen molar-refractivity contribution in [1.82, 2.24) is 10.3 Å². The van der Waals surface area contributed by atoms with Gasteiger partial charge in [-0.2, -0.15) is 0 Å². The third-order valence-electron chi connectivity index (χ3n) is 4.27. The van der Waals surface area contributed by atoms with Gasteiger partial charge in [-0.1, -0.05) is 6.07 Å². The van der Waals surface area contributed by atoms with Crippen molar-refractivity contribution < 1.29 is 14.3 Å². The molecule has 0 saturated carbocycles. The van der Waals surface area contributed by atoms with E-state index >= 15 is 0 Å². The first-order valence-corrected chi connectivity index (χ1v) is 8.17. The lowest BCUT2D eigenvalue weighted by Gasteiger charge is -2.27. The zero-order valence-corrected chi connectivity index (χ0v) is 15.7.